The number of carbonyl (C=O) groups excluding carboxylic acids is 6. The van der Waals surface area contributed by atoms with Crippen LogP contribution in [-0.4, -0.2) is 70.7 Å². The Balaban J connectivity index is 5.51. The van der Waals surface area contributed by atoms with Crippen LogP contribution < -0.4 is 38.9 Å². The van der Waals surface area contributed by atoms with Crippen molar-refractivity contribution >= 4 is 41.4 Å². The summed E-state index contributed by atoms with van der Waals surface area (Å²) in [6.45, 7) is 1.34. The highest BCUT2D eigenvalue weighted by Crippen LogP contribution is 2.02. The van der Waals surface area contributed by atoms with E-state index in [1.165, 1.54) is 6.92 Å². The van der Waals surface area contributed by atoms with Gasteiger partial charge >= 0.3 is 5.97 Å². The first-order chi connectivity index (χ1) is 14.2. The average molecular weight is 445 g/mol. The Morgan fingerprint density at radius 3 is 1.55 bits per heavy atom. The molecule has 0 aliphatic rings. The van der Waals surface area contributed by atoms with E-state index < -0.39 is 78.4 Å². The third-order valence-corrected chi connectivity index (χ3v) is 3.78. The summed E-state index contributed by atoms with van der Waals surface area (Å²) in [6.07, 6.45) is -2.03. The van der Waals surface area contributed by atoms with Crippen LogP contribution in [0.1, 0.15) is 32.6 Å². The molecular formula is C16H27N7O8. The highest BCUT2D eigenvalue weighted by atomic mass is 16.4. The molecule has 0 aromatic heterocycles. The lowest BCUT2D eigenvalue weighted by atomic mass is 10.1. The molecule has 0 aromatic rings. The van der Waals surface area contributed by atoms with E-state index in [1.54, 1.807) is 0 Å². The number of primary amides is 3. The normalized spacial score (nSPS) is 14.3. The van der Waals surface area contributed by atoms with Crippen molar-refractivity contribution < 1.29 is 38.7 Å². The fourth-order valence-electron chi connectivity index (χ4n) is 2.21. The first-order valence-corrected chi connectivity index (χ1v) is 8.99. The number of nitrogens with two attached hydrogens (primary N) is 4. The number of nitrogens with one attached hydrogen (secondary N) is 3. The minimum atomic E-state index is -1.72. The van der Waals surface area contributed by atoms with Crippen molar-refractivity contribution in [2.45, 2.75) is 56.8 Å². The molecule has 15 heteroatoms. The highest BCUT2D eigenvalue weighted by molar-refractivity contribution is 5.96. The summed E-state index contributed by atoms with van der Waals surface area (Å²) < 4.78 is 0. The zero-order valence-corrected chi connectivity index (χ0v) is 16.8. The van der Waals surface area contributed by atoms with E-state index in [-0.39, 0.29) is 12.8 Å². The Bertz CT molecular complexity index is 739. The van der Waals surface area contributed by atoms with Crippen molar-refractivity contribution in [2.75, 3.05) is 0 Å². The molecule has 15 nitrogen and oxygen atoms in total. The van der Waals surface area contributed by atoms with Crippen LogP contribution in [0.25, 0.3) is 0 Å². The van der Waals surface area contributed by atoms with Crippen molar-refractivity contribution in [1.82, 2.24) is 16.0 Å². The molecule has 6 amide bonds. The van der Waals surface area contributed by atoms with Gasteiger partial charge in [0.05, 0.1) is 18.9 Å². The predicted octanol–water partition coefficient (Wildman–Crippen LogP) is -5.11. The van der Waals surface area contributed by atoms with Crippen LogP contribution in [0, 0.1) is 0 Å². The molecule has 0 aromatic carbocycles. The number of carboxylic acid groups (broad SMARTS) is 1. The molecule has 0 heterocycles. The molecule has 0 radical (unpaired) electrons. The van der Waals surface area contributed by atoms with Gasteiger partial charge in [-0.3, -0.25) is 28.8 Å². The van der Waals surface area contributed by atoms with E-state index in [4.69, 9.17) is 28.0 Å². The van der Waals surface area contributed by atoms with Crippen molar-refractivity contribution in [3.05, 3.63) is 0 Å². The fraction of sp³-hybridized carbons (Fsp3) is 0.562. The van der Waals surface area contributed by atoms with Gasteiger partial charge in [0, 0.05) is 6.42 Å². The molecule has 0 saturated heterocycles. The van der Waals surface area contributed by atoms with Gasteiger partial charge in [0.2, 0.25) is 35.4 Å². The summed E-state index contributed by atoms with van der Waals surface area (Å²) in [4.78, 5) is 81.3. The maximum atomic E-state index is 12.6. The van der Waals surface area contributed by atoms with Crippen LogP contribution in [0.4, 0.5) is 0 Å². The smallest absolute Gasteiger partial charge is 0.326 e. The molecule has 0 spiro atoms. The van der Waals surface area contributed by atoms with Crippen molar-refractivity contribution in [3.8, 4) is 0 Å². The van der Waals surface area contributed by atoms with E-state index in [2.05, 4.69) is 10.6 Å². The molecule has 4 atom stereocenters. The standard InChI is InChI=1S/C16H27N7O8/c1-6(17)13(27)21-7(2-3-10(18)24)14(28)22-8(4-11(19)25)15(29)23-9(16(30)31)5-12(20)26/h6-9H,2-5,17H2,1H3,(H2,18,24)(H2,19,25)(H2,20,26)(H,21,27)(H,22,28)(H,23,29)(H,30,31). The third-order valence-electron chi connectivity index (χ3n) is 3.78. The van der Waals surface area contributed by atoms with E-state index in [9.17, 15) is 33.6 Å². The van der Waals surface area contributed by atoms with E-state index in [0.29, 0.717) is 0 Å². The number of amides is 6. The molecular weight excluding hydrogens is 418 g/mol. The topological polar surface area (TPSA) is 280 Å². The average Bonchev–Trinajstić information content (AvgIpc) is 2.62. The largest absolute Gasteiger partial charge is 0.480 e. The quantitative estimate of drug-likeness (QED) is 0.127. The van der Waals surface area contributed by atoms with E-state index in [1.807, 2.05) is 5.32 Å². The maximum Gasteiger partial charge on any atom is 0.326 e. The highest BCUT2D eigenvalue weighted by Gasteiger charge is 2.31. The van der Waals surface area contributed by atoms with Gasteiger partial charge in [-0.25, -0.2) is 4.79 Å². The number of hydrogen-bond acceptors (Lipinski definition) is 8. The van der Waals surface area contributed by atoms with Gasteiger partial charge in [-0.15, -0.1) is 0 Å². The minimum Gasteiger partial charge on any atom is -0.480 e. The maximum absolute atomic E-state index is 12.6. The second-order valence-electron chi connectivity index (χ2n) is 6.66. The fourth-order valence-corrected chi connectivity index (χ4v) is 2.21. The van der Waals surface area contributed by atoms with Gasteiger partial charge in [-0.05, 0) is 13.3 Å². The summed E-state index contributed by atoms with van der Waals surface area (Å²) >= 11 is 0. The molecule has 0 aliphatic heterocycles. The van der Waals surface area contributed by atoms with Crippen molar-refractivity contribution in [1.29, 1.82) is 0 Å². The number of rotatable bonds is 14. The molecule has 4 unspecified atom stereocenters. The molecule has 12 N–H and O–H groups in total. The number of hydrogen-bond donors (Lipinski definition) is 8. The van der Waals surface area contributed by atoms with Crippen LogP contribution in [0.3, 0.4) is 0 Å². The SMILES string of the molecule is CC(N)C(=O)NC(CCC(N)=O)C(=O)NC(CC(N)=O)C(=O)NC(CC(N)=O)C(=O)O. The summed E-state index contributed by atoms with van der Waals surface area (Å²) in [7, 11) is 0. The number of carboxylic acids is 1. The Hall–Kier alpha value is -3.75. The zero-order valence-electron chi connectivity index (χ0n) is 16.8. The van der Waals surface area contributed by atoms with Crippen LogP contribution >= 0.6 is 0 Å². The van der Waals surface area contributed by atoms with Gasteiger partial charge in [0.15, 0.2) is 0 Å². The molecule has 0 rings (SSSR count). The molecule has 0 aliphatic carbocycles. The summed E-state index contributed by atoms with van der Waals surface area (Å²) in [5.74, 6) is -7.27. The minimum absolute atomic E-state index is 0.246. The Morgan fingerprint density at radius 2 is 1.13 bits per heavy atom. The second-order valence-corrected chi connectivity index (χ2v) is 6.66. The molecule has 31 heavy (non-hydrogen) atoms. The number of aliphatic carboxylic acids is 1. The Morgan fingerprint density at radius 1 is 0.710 bits per heavy atom. The molecule has 174 valence electrons. The van der Waals surface area contributed by atoms with Crippen molar-refractivity contribution in [2.24, 2.45) is 22.9 Å². The van der Waals surface area contributed by atoms with Gasteiger partial charge < -0.3 is 44.0 Å². The Labute approximate surface area is 176 Å². The van der Waals surface area contributed by atoms with Gasteiger partial charge in [0.1, 0.15) is 18.1 Å². The molecule has 0 bridgehead atoms. The lowest BCUT2D eigenvalue weighted by Crippen LogP contribution is -2.57. The Kier molecular flexibility index (Phi) is 11.2. The summed E-state index contributed by atoms with van der Waals surface area (Å²) in [5.41, 5.74) is 20.5. The van der Waals surface area contributed by atoms with Crippen LogP contribution in [0.2, 0.25) is 0 Å². The van der Waals surface area contributed by atoms with Gasteiger partial charge in [-0.1, -0.05) is 0 Å². The predicted molar refractivity (Wildman–Crippen MR) is 103 cm³/mol. The summed E-state index contributed by atoms with van der Waals surface area (Å²) in [5, 5.41) is 15.4. The lowest BCUT2D eigenvalue weighted by molar-refractivity contribution is -0.144. The lowest BCUT2D eigenvalue weighted by Gasteiger charge is -2.24. The van der Waals surface area contributed by atoms with Gasteiger partial charge in [-0.2, -0.15) is 0 Å². The first-order valence-electron chi connectivity index (χ1n) is 8.99. The monoisotopic (exact) mass is 445 g/mol. The molecule has 0 fully saturated rings. The zero-order chi connectivity index (χ0) is 24.3. The van der Waals surface area contributed by atoms with E-state index in [0.717, 1.165) is 0 Å². The van der Waals surface area contributed by atoms with Crippen molar-refractivity contribution in [3.63, 3.8) is 0 Å². The molecule has 0 saturated carbocycles. The summed E-state index contributed by atoms with van der Waals surface area (Å²) in [6, 6.07) is -5.72. The van der Waals surface area contributed by atoms with Crippen LogP contribution in [0.5, 0.6) is 0 Å². The first kappa shape index (κ1) is 27.2. The number of carbonyl (C=O) groups is 7. The van der Waals surface area contributed by atoms with E-state index >= 15 is 0 Å². The van der Waals surface area contributed by atoms with Crippen LogP contribution in [0.15, 0.2) is 0 Å². The second kappa shape index (κ2) is 12.7. The third kappa shape index (κ3) is 11.1. The van der Waals surface area contributed by atoms with Crippen LogP contribution in [-0.2, 0) is 33.6 Å². The van der Waals surface area contributed by atoms with Gasteiger partial charge in [0.25, 0.3) is 0 Å².